The van der Waals surface area contributed by atoms with Crippen molar-refractivity contribution in [2.45, 2.75) is 26.3 Å². The lowest BCUT2D eigenvalue weighted by molar-refractivity contribution is 0.840. The fraction of sp³-hybridized carbons (Fsp3) is 0.267. The highest BCUT2D eigenvalue weighted by Gasteiger charge is 2.11. The Morgan fingerprint density at radius 3 is 2.59 bits per heavy atom. The molecule has 1 aromatic carbocycles. The fourth-order valence-corrected chi connectivity index (χ4v) is 2.00. The summed E-state index contributed by atoms with van der Waals surface area (Å²) in [5, 5.41) is 0. The van der Waals surface area contributed by atoms with Crippen molar-refractivity contribution >= 4 is 0 Å². The number of nitrogens with zero attached hydrogens (tertiary/aromatic N) is 1. The first-order chi connectivity index (χ1) is 8.22. The molecule has 0 saturated heterocycles. The molecule has 2 nitrogen and oxygen atoms in total. The summed E-state index contributed by atoms with van der Waals surface area (Å²) in [6.07, 6.45) is 2.87. The maximum Gasteiger partial charge on any atom is 0.0569 e. The van der Waals surface area contributed by atoms with Gasteiger partial charge < -0.3 is 5.73 Å². The van der Waals surface area contributed by atoms with Gasteiger partial charge in [-0.15, -0.1) is 0 Å². The van der Waals surface area contributed by atoms with Gasteiger partial charge in [0.25, 0.3) is 0 Å². The number of aryl methyl sites for hydroxylation is 2. The highest BCUT2D eigenvalue weighted by molar-refractivity contribution is 5.36. The third kappa shape index (κ3) is 2.53. The van der Waals surface area contributed by atoms with Crippen LogP contribution in [0.4, 0.5) is 0 Å². The molecule has 0 radical (unpaired) electrons. The maximum atomic E-state index is 6.30. The molecule has 0 aliphatic carbocycles. The Kier molecular flexibility index (Phi) is 3.55. The van der Waals surface area contributed by atoms with E-state index in [4.69, 9.17) is 5.73 Å². The minimum atomic E-state index is -0.0840. The minimum absolute atomic E-state index is 0.0840. The molecule has 2 heteroatoms. The topological polar surface area (TPSA) is 38.9 Å². The van der Waals surface area contributed by atoms with Crippen molar-refractivity contribution in [2.24, 2.45) is 5.73 Å². The predicted molar refractivity (Wildman–Crippen MR) is 70.8 cm³/mol. The third-order valence-corrected chi connectivity index (χ3v) is 3.06. The maximum absolute atomic E-state index is 6.30. The molecule has 0 amide bonds. The lowest BCUT2D eigenvalue weighted by Crippen LogP contribution is -2.14. The molecule has 17 heavy (non-hydrogen) atoms. The van der Waals surface area contributed by atoms with Crippen LogP contribution in [0, 0.1) is 6.92 Å². The van der Waals surface area contributed by atoms with E-state index >= 15 is 0 Å². The van der Waals surface area contributed by atoms with Crippen LogP contribution in [0.15, 0.2) is 42.6 Å². The van der Waals surface area contributed by atoms with Gasteiger partial charge in [-0.3, -0.25) is 4.98 Å². The molecular formula is C15H18N2. The smallest absolute Gasteiger partial charge is 0.0569 e. The normalized spacial score (nSPS) is 12.4. The molecular weight excluding hydrogens is 208 g/mol. The van der Waals surface area contributed by atoms with E-state index in [9.17, 15) is 0 Å². The number of pyridine rings is 1. The number of hydrogen-bond donors (Lipinski definition) is 1. The first-order valence-electron chi connectivity index (χ1n) is 5.98. The fourth-order valence-electron chi connectivity index (χ4n) is 2.00. The minimum Gasteiger partial charge on any atom is -0.320 e. The number of aromatic nitrogens is 1. The Hall–Kier alpha value is -1.67. The Labute approximate surface area is 103 Å². The number of nitrogens with two attached hydrogens (primary N) is 1. The van der Waals surface area contributed by atoms with Crippen molar-refractivity contribution in [1.82, 2.24) is 4.98 Å². The summed E-state index contributed by atoms with van der Waals surface area (Å²) in [5.41, 5.74) is 10.9. The van der Waals surface area contributed by atoms with Gasteiger partial charge in [0.15, 0.2) is 0 Å². The van der Waals surface area contributed by atoms with Crippen LogP contribution < -0.4 is 5.73 Å². The van der Waals surface area contributed by atoms with Gasteiger partial charge >= 0.3 is 0 Å². The SMILES string of the molecule is CCc1ccccc1C(N)c1ccc(C)nc1. The van der Waals surface area contributed by atoms with Gasteiger partial charge in [0.2, 0.25) is 0 Å². The zero-order valence-corrected chi connectivity index (χ0v) is 10.4. The second-order valence-corrected chi connectivity index (χ2v) is 4.26. The lowest BCUT2D eigenvalue weighted by atomic mass is 9.95. The molecule has 88 valence electrons. The zero-order valence-electron chi connectivity index (χ0n) is 10.4. The summed E-state index contributed by atoms with van der Waals surface area (Å²) in [7, 11) is 0. The molecule has 2 rings (SSSR count). The van der Waals surface area contributed by atoms with E-state index in [1.54, 1.807) is 0 Å². The first-order valence-corrected chi connectivity index (χ1v) is 5.98. The first kappa shape index (κ1) is 11.8. The molecule has 0 bridgehead atoms. The molecule has 0 aliphatic rings. The molecule has 1 aromatic heterocycles. The number of benzene rings is 1. The molecule has 0 spiro atoms. The summed E-state index contributed by atoms with van der Waals surface area (Å²) >= 11 is 0. The quantitative estimate of drug-likeness (QED) is 0.873. The average molecular weight is 226 g/mol. The monoisotopic (exact) mass is 226 g/mol. The van der Waals surface area contributed by atoms with Gasteiger partial charge in [-0.1, -0.05) is 37.3 Å². The zero-order chi connectivity index (χ0) is 12.3. The Balaban J connectivity index is 2.36. The van der Waals surface area contributed by atoms with Crippen LogP contribution >= 0.6 is 0 Å². The van der Waals surface area contributed by atoms with Crippen LogP contribution in [0.2, 0.25) is 0 Å². The van der Waals surface area contributed by atoms with Crippen molar-refractivity contribution in [2.75, 3.05) is 0 Å². The Morgan fingerprint density at radius 1 is 1.18 bits per heavy atom. The predicted octanol–water partition coefficient (Wildman–Crippen LogP) is 3.00. The third-order valence-electron chi connectivity index (χ3n) is 3.06. The summed E-state index contributed by atoms with van der Waals surface area (Å²) in [4.78, 5) is 4.30. The van der Waals surface area contributed by atoms with Crippen molar-refractivity contribution in [1.29, 1.82) is 0 Å². The summed E-state index contributed by atoms with van der Waals surface area (Å²) in [6.45, 7) is 4.13. The molecule has 0 saturated carbocycles. The van der Waals surface area contributed by atoms with E-state index in [1.165, 1.54) is 11.1 Å². The number of rotatable bonds is 3. The van der Waals surface area contributed by atoms with Crippen LogP contribution in [0.1, 0.15) is 35.3 Å². The second-order valence-electron chi connectivity index (χ2n) is 4.26. The van der Waals surface area contributed by atoms with E-state index in [0.717, 1.165) is 17.7 Å². The van der Waals surface area contributed by atoms with Gasteiger partial charge in [0, 0.05) is 11.9 Å². The van der Waals surface area contributed by atoms with Crippen LogP contribution in [0.5, 0.6) is 0 Å². The van der Waals surface area contributed by atoms with E-state index < -0.39 is 0 Å². The second kappa shape index (κ2) is 5.11. The van der Waals surface area contributed by atoms with Gasteiger partial charge in [-0.25, -0.2) is 0 Å². The molecule has 0 fully saturated rings. The van der Waals surface area contributed by atoms with Crippen molar-refractivity contribution in [3.05, 3.63) is 65.0 Å². The number of hydrogen-bond acceptors (Lipinski definition) is 2. The molecule has 1 heterocycles. The Bertz CT molecular complexity index is 489. The van der Waals surface area contributed by atoms with Crippen molar-refractivity contribution in [3.63, 3.8) is 0 Å². The summed E-state index contributed by atoms with van der Waals surface area (Å²) < 4.78 is 0. The van der Waals surface area contributed by atoms with E-state index in [-0.39, 0.29) is 6.04 Å². The molecule has 1 unspecified atom stereocenters. The van der Waals surface area contributed by atoms with Crippen molar-refractivity contribution in [3.8, 4) is 0 Å². The van der Waals surface area contributed by atoms with E-state index in [2.05, 4.69) is 36.2 Å². The lowest BCUT2D eigenvalue weighted by Gasteiger charge is -2.16. The van der Waals surface area contributed by atoms with Gasteiger partial charge in [0.05, 0.1) is 6.04 Å². The van der Waals surface area contributed by atoms with Crippen LogP contribution in [0.25, 0.3) is 0 Å². The van der Waals surface area contributed by atoms with E-state index in [1.807, 2.05) is 25.3 Å². The van der Waals surface area contributed by atoms with Crippen molar-refractivity contribution < 1.29 is 0 Å². The van der Waals surface area contributed by atoms with Crippen LogP contribution in [-0.4, -0.2) is 4.98 Å². The largest absolute Gasteiger partial charge is 0.320 e. The highest BCUT2D eigenvalue weighted by Crippen LogP contribution is 2.22. The summed E-state index contributed by atoms with van der Waals surface area (Å²) in [5.74, 6) is 0. The van der Waals surface area contributed by atoms with Crippen LogP contribution in [-0.2, 0) is 6.42 Å². The van der Waals surface area contributed by atoms with Crippen LogP contribution in [0.3, 0.4) is 0 Å². The molecule has 2 aromatic rings. The van der Waals surface area contributed by atoms with Gasteiger partial charge in [-0.2, -0.15) is 0 Å². The Morgan fingerprint density at radius 2 is 1.94 bits per heavy atom. The highest BCUT2D eigenvalue weighted by atomic mass is 14.7. The average Bonchev–Trinajstić information content (AvgIpc) is 2.39. The molecule has 1 atom stereocenters. The summed E-state index contributed by atoms with van der Waals surface area (Å²) in [6, 6.07) is 12.3. The van der Waals surface area contributed by atoms with Gasteiger partial charge in [-0.05, 0) is 36.1 Å². The standard InChI is InChI=1S/C15H18N2/c1-3-12-6-4-5-7-14(12)15(16)13-9-8-11(2)17-10-13/h4-10,15H,3,16H2,1-2H3. The van der Waals surface area contributed by atoms with E-state index in [0.29, 0.717) is 0 Å². The molecule has 2 N–H and O–H groups in total. The molecule has 0 aliphatic heterocycles. The van der Waals surface area contributed by atoms with Gasteiger partial charge in [0.1, 0.15) is 0 Å².